The molecule has 0 aliphatic carbocycles. The van der Waals surface area contributed by atoms with Crippen molar-refractivity contribution in [2.45, 2.75) is 32.7 Å². The number of aliphatic imine (C=N–C) groups is 1. The first kappa shape index (κ1) is 24.4. The fraction of sp³-hybridized carbons (Fsp3) is 0.696. The first-order valence-corrected chi connectivity index (χ1v) is 11.2. The molecule has 1 atom stereocenters. The maximum atomic E-state index is 5.79. The van der Waals surface area contributed by atoms with Crippen molar-refractivity contribution in [2.75, 3.05) is 66.8 Å². The Bertz CT molecular complexity index is 587. The molecule has 170 valence electrons. The lowest BCUT2D eigenvalue weighted by atomic mass is 10.1. The van der Waals surface area contributed by atoms with Gasteiger partial charge >= 0.3 is 0 Å². The highest BCUT2D eigenvalue weighted by atomic mass is 16.5. The van der Waals surface area contributed by atoms with Gasteiger partial charge in [0.2, 0.25) is 0 Å². The van der Waals surface area contributed by atoms with Gasteiger partial charge in [0.1, 0.15) is 5.75 Å². The second-order valence-electron chi connectivity index (χ2n) is 7.93. The zero-order chi connectivity index (χ0) is 21.4. The third-order valence-electron chi connectivity index (χ3n) is 4.84. The smallest absolute Gasteiger partial charge is 0.191 e. The first-order chi connectivity index (χ1) is 14.7. The van der Waals surface area contributed by atoms with Crippen molar-refractivity contribution in [3.05, 3.63) is 29.8 Å². The normalized spacial score (nSPS) is 16.8. The van der Waals surface area contributed by atoms with E-state index in [1.165, 1.54) is 0 Å². The minimum absolute atomic E-state index is 0.576. The molecule has 2 N–H and O–H groups in total. The van der Waals surface area contributed by atoms with Gasteiger partial charge in [-0.25, -0.2) is 4.99 Å². The van der Waals surface area contributed by atoms with Crippen molar-refractivity contribution < 1.29 is 14.2 Å². The summed E-state index contributed by atoms with van der Waals surface area (Å²) in [5.74, 6) is 2.33. The fourth-order valence-corrected chi connectivity index (χ4v) is 3.12. The fourth-order valence-electron chi connectivity index (χ4n) is 3.12. The third-order valence-corrected chi connectivity index (χ3v) is 4.84. The summed E-state index contributed by atoms with van der Waals surface area (Å²) in [7, 11) is 4.15. The number of hydrogen-bond donors (Lipinski definition) is 2. The van der Waals surface area contributed by atoms with Crippen LogP contribution in [0.5, 0.6) is 5.75 Å². The van der Waals surface area contributed by atoms with Crippen LogP contribution < -0.4 is 15.4 Å². The van der Waals surface area contributed by atoms with Gasteiger partial charge in [0.25, 0.3) is 0 Å². The molecule has 1 fully saturated rings. The maximum absolute atomic E-state index is 5.79. The number of hydrogen-bond acceptors (Lipinski definition) is 5. The van der Waals surface area contributed by atoms with Crippen LogP contribution in [0.3, 0.4) is 0 Å². The van der Waals surface area contributed by atoms with Crippen LogP contribution in [-0.2, 0) is 16.0 Å². The zero-order valence-corrected chi connectivity index (χ0v) is 19.0. The lowest BCUT2D eigenvalue weighted by molar-refractivity contribution is 0.0888. The van der Waals surface area contributed by atoms with Crippen molar-refractivity contribution in [1.82, 2.24) is 15.5 Å². The van der Waals surface area contributed by atoms with Gasteiger partial charge in [-0.1, -0.05) is 12.1 Å². The number of nitrogens with zero attached hydrogens (tertiary/aromatic N) is 2. The van der Waals surface area contributed by atoms with E-state index >= 15 is 0 Å². The van der Waals surface area contributed by atoms with Crippen molar-refractivity contribution in [3.63, 3.8) is 0 Å². The van der Waals surface area contributed by atoms with Gasteiger partial charge < -0.3 is 29.7 Å². The highest BCUT2D eigenvalue weighted by Crippen LogP contribution is 2.13. The van der Waals surface area contributed by atoms with Gasteiger partial charge in [-0.3, -0.25) is 0 Å². The van der Waals surface area contributed by atoms with Gasteiger partial charge in [-0.2, -0.15) is 0 Å². The molecule has 1 aromatic rings. The van der Waals surface area contributed by atoms with Crippen molar-refractivity contribution in [2.24, 2.45) is 10.9 Å². The Balaban J connectivity index is 1.63. The van der Waals surface area contributed by atoms with Crippen molar-refractivity contribution in [1.29, 1.82) is 0 Å². The van der Waals surface area contributed by atoms with Gasteiger partial charge in [-0.15, -0.1) is 0 Å². The summed E-state index contributed by atoms with van der Waals surface area (Å²) < 4.78 is 16.9. The SMILES string of the molecule is CCNC(=NCc1ccc(OCCCN(C)C)cc1)NCCCOCC1CCOC1. The summed E-state index contributed by atoms with van der Waals surface area (Å²) in [5, 5.41) is 6.68. The van der Waals surface area contributed by atoms with Crippen LogP contribution in [-0.4, -0.2) is 77.6 Å². The Hall–Kier alpha value is -1.83. The Kier molecular flexibility index (Phi) is 12.3. The average molecular weight is 421 g/mol. The van der Waals surface area contributed by atoms with Crippen LogP contribution in [0.15, 0.2) is 29.3 Å². The van der Waals surface area contributed by atoms with Gasteiger partial charge in [-0.05, 0) is 58.0 Å². The summed E-state index contributed by atoms with van der Waals surface area (Å²) >= 11 is 0. The number of ether oxygens (including phenoxy) is 3. The minimum atomic E-state index is 0.576. The van der Waals surface area contributed by atoms with Crippen LogP contribution in [0.1, 0.15) is 31.7 Å². The standard InChI is InChI=1S/C23H40N4O3/c1-4-24-23(25-12-5-14-28-18-21-11-16-29-19-21)26-17-20-7-9-22(10-8-20)30-15-6-13-27(2)3/h7-10,21H,4-6,11-19H2,1-3H3,(H2,24,25,26). The predicted octanol–water partition coefficient (Wildman–Crippen LogP) is 2.52. The molecular weight excluding hydrogens is 380 g/mol. The molecule has 2 rings (SSSR count). The number of nitrogens with one attached hydrogen (secondary N) is 2. The van der Waals surface area contributed by atoms with E-state index in [1.807, 2.05) is 12.1 Å². The molecule has 0 aromatic heterocycles. The van der Waals surface area contributed by atoms with Crippen LogP contribution >= 0.6 is 0 Å². The predicted molar refractivity (Wildman–Crippen MR) is 122 cm³/mol. The van der Waals surface area contributed by atoms with E-state index in [1.54, 1.807) is 0 Å². The lowest BCUT2D eigenvalue weighted by Crippen LogP contribution is -2.38. The van der Waals surface area contributed by atoms with E-state index in [0.717, 1.165) is 89.2 Å². The minimum Gasteiger partial charge on any atom is -0.494 e. The summed E-state index contributed by atoms with van der Waals surface area (Å²) in [6.07, 6.45) is 3.10. The van der Waals surface area contributed by atoms with E-state index in [0.29, 0.717) is 12.5 Å². The van der Waals surface area contributed by atoms with Crippen molar-refractivity contribution >= 4 is 5.96 Å². The molecule has 0 spiro atoms. The third kappa shape index (κ3) is 10.8. The Labute approximate surface area is 182 Å². The molecule has 1 heterocycles. The molecular formula is C23H40N4O3. The quantitative estimate of drug-likeness (QED) is 0.274. The highest BCUT2D eigenvalue weighted by Gasteiger charge is 2.15. The van der Waals surface area contributed by atoms with Gasteiger partial charge in [0, 0.05) is 38.8 Å². The average Bonchev–Trinajstić information content (AvgIpc) is 3.26. The number of rotatable bonds is 14. The van der Waals surface area contributed by atoms with Gasteiger partial charge in [0.05, 0.1) is 26.4 Å². The maximum Gasteiger partial charge on any atom is 0.191 e. The molecule has 0 radical (unpaired) electrons. The molecule has 1 aliphatic rings. The Morgan fingerprint density at radius 2 is 2.00 bits per heavy atom. The molecule has 30 heavy (non-hydrogen) atoms. The van der Waals surface area contributed by atoms with Gasteiger partial charge in [0.15, 0.2) is 5.96 Å². The topological polar surface area (TPSA) is 67.4 Å². The number of benzene rings is 1. The second kappa shape index (κ2) is 15.0. The van der Waals surface area contributed by atoms with Crippen LogP contribution in [0.25, 0.3) is 0 Å². The summed E-state index contributed by atoms with van der Waals surface area (Å²) in [6, 6.07) is 8.20. The molecule has 7 nitrogen and oxygen atoms in total. The van der Waals surface area contributed by atoms with E-state index in [4.69, 9.17) is 14.2 Å². The van der Waals surface area contributed by atoms with Crippen LogP contribution in [0.4, 0.5) is 0 Å². The van der Waals surface area contributed by atoms with Crippen LogP contribution in [0, 0.1) is 5.92 Å². The lowest BCUT2D eigenvalue weighted by Gasteiger charge is -2.12. The molecule has 1 aromatic carbocycles. The van der Waals surface area contributed by atoms with E-state index < -0.39 is 0 Å². The molecule has 1 unspecified atom stereocenters. The Morgan fingerprint density at radius 3 is 2.70 bits per heavy atom. The molecule has 1 saturated heterocycles. The highest BCUT2D eigenvalue weighted by molar-refractivity contribution is 5.79. The Morgan fingerprint density at radius 1 is 1.17 bits per heavy atom. The first-order valence-electron chi connectivity index (χ1n) is 11.2. The largest absolute Gasteiger partial charge is 0.494 e. The number of guanidine groups is 1. The second-order valence-corrected chi connectivity index (χ2v) is 7.93. The van der Waals surface area contributed by atoms with E-state index in [9.17, 15) is 0 Å². The monoisotopic (exact) mass is 420 g/mol. The molecule has 1 aliphatic heterocycles. The molecule has 0 bridgehead atoms. The summed E-state index contributed by atoms with van der Waals surface area (Å²) in [6.45, 7) is 9.46. The van der Waals surface area contributed by atoms with Crippen LogP contribution in [0.2, 0.25) is 0 Å². The van der Waals surface area contributed by atoms with E-state index in [2.05, 4.69) is 53.7 Å². The summed E-state index contributed by atoms with van der Waals surface area (Å²) in [4.78, 5) is 6.85. The molecule has 0 saturated carbocycles. The molecule has 0 amide bonds. The van der Waals surface area contributed by atoms with Crippen molar-refractivity contribution in [3.8, 4) is 5.75 Å². The van der Waals surface area contributed by atoms with E-state index in [-0.39, 0.29) is 0 Å². The zero-order valence-electron chi connectivity index (χ0n) is 19.0. The summed E-state index contributed by atoms with van der Waals surface area (Å²) in [5.41, 5.74) is 1.16. The molecule has 7 heteroatoms.